The lowest BCUT2D eigenvalue weighted by Gasteiger charge is -2.47. The molecular weight excluding hydrogens is 364 g/mol. The van der Waals surface area contributed by atoms with Crippen LogP contribution in [0.25, 0.3) is 10.9 Å². The highest BCUT2D eigenvalue weighted by molar-refractivity contribution is 6.06. The summed E-state index contributed by atoms with van der Waals surface area (Å²) in [6, 6.07) is 6.05. The van der Waals surface area contributed by atoms with Crippen LogP contribution in [0.4, 0.5) is 0 Å². The van der Waals surface area contributed by atoms with E-state index in [0.29, 0.717) is 29.8 Å². The molecule has 1 aliphatic heterocycles. The Bertz CT molecular complexity index is 1120. The fourth-order valence-corrected chi connectivity index (χ4v) is 5.01. The molecular formula is C23H26N4O2. The van der Waals surface area contributed by atoms with E-state index >= 15 is 0 Å². The maximum Gasteiger partial charge on any atom is 0.256 e. The maximum absolute atomic E-state index is 13.8. The molecule has 0 spiro atoms. The molecule has 29 heavy (non-hydrogen) atoms. The number of amides is 1. The zero-order valence-corrected chi connectivity index (χ0v) is 17.4. The normalized spacial score (nSPS) is 23.5. The molecule has 1 amide bonds. The van der Waals surface area contributed by atoms with E-state index in [-0.39, 0.29) is 11.8 Å². The third-order valence-corrected chi connectivity index (χ3v) is 6.72. The highest BCUT2D eigenvalue weighted by atomic mass is 16.4. The Morgan fingerprint density at radius 1 is 1.24 bits per heavy atom. The minimum Gasteiger partial charge on any atom is -0.422 e. The molecule has 0 radical (unpaired) electrons. The molecule has 2 aromatic heterocycles. The molecule has 1 aliphatic carbocycles. The van der Waals surface area contributed by atoms with Gasteiger partial charge in [-0.05, 0) is 68.4 Å². The van der Waals surface area contributed by atoms with Crippen molar-refractivity contribution >= 4 is 16.8 Å². The number of pyridine rings is 1. The first-order chi connectivity index (χ1) is 13.9. The largest absolute Gasteiger partial charge is 0.422 e. The number of aryl methyl sites for hydroxylation is 2. The van der Waals surface area contributed by atoms with Crippen molar-refractivity contribution in [2.45, 2.75) is 58.4 Å². The molecule has 0 unspecified atom stereocenters. The van der Waals surface area contributed by atoms with Crippen LogP contribution < -0.4 is 0 Å². The fourth-order valence-electron chi connectivity index (χ4n) is 5.01. The number of likely N-dealkylation sites (tertiary alicyclic amines) is 1. The Balaban J connectivity index is 1.61. The average molecular weight is 390 g/mol. The number of nitrogens with zero attached hydrogens (tertiary/aromatic N) is 4. The standard InChI is InChI=1S/C23H26N4O2/c1-13(2)20-25-26-22(29-20)23-8-5-16(23)7-10-27(23)21(28)18-12-14(3)11-17-15(4)6-9-24-19(17)18/h6,9,11-13,16H,5,7-8,10H2,1-4H3/t16-,23-/m0/s1. The highest BCUT2D eigenvalue weighted by Crippen LogP contribution is 2.57. The lowest BCUT2D eigenvalue weighted by Crippen LogP contribution is -2.54. The number of benzene rings is 1. The zero-order chi connectivity index (χ0) is 20.3. The van der Waals surface area contributed by atoms with E-state index in [4.69, 9.17) is 4.42 Å². The quantitative estimate of drug-likeness (QED) is 0.658. The number of aromatic nitrogens is 3. The second kappa shape index (κ2) is 6.37. The molecule has 2 aliphatic rings. The van der Waals surface area contributed by atoms with Crippen molar-refractivity contribution in [3.8, 4) is 0 Å². The SMILES string of the molecule is Cc1cc(C(=O)N2CC[C@@H]3CC[C@@]32c2nnc(C(C)C)o2)c2nccc(C)c2c1. The first kappa shape index (κ1) is 18.3. The van der Waals surface area contributed by atoms with Gasteiger partial charge in [-0.25, -0.2) is 0 Å². The van der Waals surface area contributed by atoms with Gasteiger partial charge in [-0.3, -0.25) is 9.78 Å². The zero-order valence-electron chi connectivity index (χ0n) is 17.4. The van der Waals surface area contributed by atoms with Crippen molar-refractivity contribution in [1.29, 1.82) is 0 Å². The number of fused-ring (bicyclic) bond motifs is 2. The van der Waals surface area contributed by atoms with Crippen LogP contribution in [0, 0.1) is 19.8 Å². The van der Waals surface area contributed by atoms with Gasteiger partial charge in [0, 0.05) is 24.0 Å². The van der Waals surface area contributed by atoms with Crippen molar-refractivity contribution < 1.29 is 9.21 Å². The van der Waals surface area contributed by atoms with Gasteiger partial charge >= 0.3 is 0 Å². The molecule has 0 bridgehead atoms. The molecule has 3 heterocycles. The van der Waals surface area contributed by atoms with Gasteiger partial charge in [-0.1, -0.05) is 13.8 Å². The Labute approximate surface area is 170 Å². The van der Waals surface area contributed by atoms with E-state index < -0.39 is 5.54 Å². The molecule has 1 aromatic carbocycles. The van der Waals surface area contributed by atoms with Crippen LogP contribution in [0.5, 0.6) is 0 Å². The summed E-state index contributed by atoms with van der Waals surface area (Å²) in [6.45, 7) is 8.88. The third-order valence-electron chi connectivity index (χ3n) is 6.72. The number of hydrogen-bond donors (Lipinski definition) is 0. The topological polar surface area (TPSA) is 72.1 Å². The van der Waals surface area contributed by atoms with Gasteiger partial charge in [0.25, 0.3) is 5.91 Å². The van der Waals surface area contributed by atoms with Gasteiger partial charge < -0.3 is 9.32 Å². The summed E-state index contributed by atoms with van der Waals surface area (Å²) in [5.41, 5.74) is 3.17. The molecule has 0 N–H and O–H groups in total. The van der Waals surface area contributed by atoms with Crippen LogP contribution in [0.15, 0.2) is 28.8 Å². The molecule has 5 rings (SSSR count). The summed E-state index contributed by atoms with van der Waals surface area (Å²) in [7, 11) is 0. The lowest BCUT2D eigenvalue weighted by atomic mass is 9.67. The third kappa shape index (κ3) is 2.54. The Morgan fingerprint density at radius 3 is 2.76 bits per heavy atom. The van der Waals surface area contributed by atoms with E-state index in [1.807, 2.05) is 37.8 Å². The van der Waals surface area contributed by atoms with Crippen LogP contribution in [0.1, 0.15) is 72.3 Å². The second-order valence-corrected chi connectivity index (χ2v) is 8.84. The lowest BCUT2D eigenvalue weighted by molar-refractivity contribution is -0.00361. The minimum absolute atomic E-state index is 0.0169. The molecule has 1 saturated heterocycles. The summed E-state index contributed by atoms with van der Waals surface area (Å²) in [4.78, 5) is 20.4. The maximum atomic E-state index is 13.8. The second-order valence-electron chi connectivity index (χ2n) is 8.84. The minimum atomic E-state index is -0.461. The van der Waals surface area contributed by atoms with E-state index in [9.17, 15) is 4.79 Å². The molecule has 1 saturated carbocycles. The highest BCUT2D eigenvalue weighted by Gasteiger charge is 2.61. The monoisotopic (exact) mass is 390 g/mol. The molecule has 2 atom stereocenters. The Kier molecular flexibility index (Phi) is 4.02. The van der Waals surface area contributed by atoms with Crippen molar-refractivity contribution in [2.75, 3.05) is 6.54 Å². The molecule has 2 fully saturated rings. The van der Waals surface area contributed by atoms with Crippen LogP contribution in [0.3, 0.4) is 0 Å². The van der Waals surface area contributed by atoms with Crippen molar-refractivity contribution in [3.63, 3.8) is 0 Å². The van der Waals surface area contributed by atoms with Crippen molar-refractivity contribution in [2.24, 2.45) is 5.92 Å². The Hall–Kier alpha value is -2.76. The fraction of sp³-hybridized carbons (Fsp3) is 0.478. The van der Waals surface area contributed by atoms with E-state index in [2.05, 4.69) is 28.2 Å². The van der Waals surface area contributed by atoms with Crippen LogP contribution >= 0.6 is 0 Å². The van der Waals surface area contributed by atoms with Crippen molar-refractivity contribution in [3.05, 3.63) is 52.9 Å². The molecule has 6 heteroatoms. The average Bonchev–Trinajstić information content (AvgIpc) is 3.25. The predicted octanol–water partition coefficient (Wildman–Crippen LogP) is 4.51. The molecule has 3 aromatic rings. The van der Waals surface area contributed by atoms with Gasteiger partial charge in [0.05, 0.1) is 11.1 Å². The van der Waals surface area contributed by atoms with E-state index in [1.165, 1.54) is 0 Å². The number of rotatable bonds is 3. The smallest absolute Gasteiger partial charge is 0.256 e. The number of carbonyl (C=O) groups excluding carboxylic acids is 1. The Morgan fingerprint density at radius 2 is 2.07 bits per heavy atom. The summed E-state index contributed by atoms with van der Waals surface area (Å²) in [5, 5.41) is 9.67. The van der Waals surface area contributed by atoms with Gasteiger partial charge in [0.2, 0.25) is 11.8 Å². The van der Waals surface area contributed by atoms with E-state index in [1.54, 1.807) is 6.20 Å². The predicted molar refractivity (Wildman–Crippen MR) is 110 cm³/mol. The number of hydrogen-bond acceptors (Lipinski definition) is 5. The van der Waals surface area contributed by atoms with Crippen LogP contribution in [-0.4, -0.2) is 32.5 Å². The first-order valence-electron chi connectivity index (χ1n) is 10.4. The van der Waals surface area contributed by atoms with Gasteiger partial charge in [0.1, 0.15) is 5.54 Å². The van der Waals surface area contributed by atoms with Crippen LogP contribution in [-0.2, 0) is 5.54 Å². The molecule has 150 valence electrons. The van der Waals surface area contributed by atoms with Gasteiger partial charge in [0.15, 0.2) is 0 Å². The first-order valence-corrected chi connectivity index (χ1v) is 10.4. The van der Waals surface area contributed by atoms with Gasteiger partial charge in [-0.2, -0.15) is 0 Å². The van der Waals surface area contributed by atoms with E-state index in [0.717, 1.165) is 41.3 Å². The van der Waals surface area contributed by atoms with Crippen LogP contribution in [0.2, 0.25) is 0 Å². The summed E-state index contributed by atoms with van der Waals surface area (Å²) in [6.07, 6.45) is 4.72. The van der Waals surface area contributed by atoms with Crippen molar-refractivity contribution in [1.82, 2.24) is 20.1 Å². The summed E-state index contributed by atoms with van der Waals surface area (Å²) < 4.78 is 6.07. The molecule has 6 nitrogen and oxygen atoms in total. The number of carbonyl (C=O) groups is 1. The van der Waals surface area contributed by atoms with Gasteiger partial charge in [-0.15, -0.1) is 10.2 Å². The summed E-state index contributed by atoms with van der Waals surface area (Å²) >= 11 is 0. The summed E-state index contributed by atoms with van der Waals surface area (Å²) in [5.74, 6) is 1.81.